The Morgan fingerprint density at radius 2 is 1.63 bits per heavy atom. The SMILES string of the molecule is CC(C)(C)OC(=O)N[C@H]1CCCCC/C=C\[C@H]2C[C@@]2(C(=O)NS(=O)(=O)Nc2ccccc2)NC(=O)[C@@H]2C[C@@H](OC(=O)N3Cc4ccccc4C3)CN2C1=O. The van der Waals surface area contributed by atoms with Crippen LogP contribution >= 0.6 is 0 Å². The number of ether oxygens (including phenoxy) is 2. The fourth-order valence-corrected chi connectivity index (χ4v) is 8.12. The molecule has 2 aromatic carbocycles. The maximum absolute atomic E-state index is 14.4. The van der Waals surface area contributed by atoms with E-state index in [1.54, 1.807) is 49.9 Å². The van der Waals surface area contributed by atoms with Gasteiger partial charge in [-0.2, -0.15) is 8.42 Å². The van der Waals surface area contributed by atoms with Crippen LogP contribution in [-0.2, 0) is 47.2 Å². The lowest BCUT2D eigenvalue weighted by Gasteiger charge is -2.30. The van der Waals surface area contributed by atoms with Crippen molar-refractivity contribution >= 4 is 45.8 Å². The predicted octanol–water partition coefficient (Wildman–Crippen LogP) is 3.87. The molecule has 6 rings (SSSR count). The highest BCUT2D eigenvalue weighted by Crippen LogP contribution is 2.46. The molecule has 3 heterocycles. The minimum Gasteiger partial charge on any atom is -0.444 e. The van der Waals surface area contributed by atoms with Crippen LogP contribution in [0.25, 0.3) is 0 Å². The number of para-hydroxylation sites is 1. The maximum atomic E-state index is 14.4. The van der Waals surface area contributed by atoms with Crippen molar-refractivity contribution in [3.05, 3.63) is 77.9 Å². The number of amides is 5. The van der Waals surface area contributed by atoms with Gasteiger partial charge in [-0.05, 0) is 69.7 Å². The van der Waals surface area contributed by atoms with Crippen molar-refractivity contribution in [2.75, 3.05) is 11.3 Å². The number of anilines is 1. The molecule has 4 N–H and O–H groups in total. The van der Waals surface area contributed by atoms with E-state index < -0.39 is 75.4 Å². The van der Waals surface area contributed by atoms with E-state index in [1.807, 2.05) is 30.3 Å². The number of hydrogen-bond donors (Lipinski definition) is 4. The third kappa shape index (κ3) is 9.32. The Morgan fingerprint density at radius 1 is 0.944 bits per heavy atom. The molecule has 15 nitrogen and oxygen atoms in total. The number of nitrogens with one attached hydrogen (secondary N) is 4. The minimum absolute atomic E-state index is 0.0880. The molecule has 2 fully saturated rings. The van der Waals surface area contributed by atoms with Gasteiger partial charge in [-0.1, -0.05) is 67.5 Å². The lowest BCUT2D eigenvalue weighted by molar-refractivity contribution is -0.141. The van der Waals surface area contributed by atoms with E-state index in [4.69, 9.17) is 9.47 Å². The highest BCUT2D eigenvalue weighted by atomic mass is 32.2. The molecule has 0 aromatic heterocycles. The Labute approximate surface area is 315 Å². The van der Waals surface area contributed by atoms with E-state index in [0.29, 0.717) is 25.9 Å². The summed E-state index contributed by atoms with van der Waals surface area (Å²) in [4.78, 5) is 71.6. The number of hydrogen-bond acceptors (Lipinski definition) is 9. The second-order valence-electron chi connectivity index (χ2n) is 15.3. The van der Waals surface area contributed by atoms with Crippen molar-refractivity contribution in [2.24, 2.45) is 5.92 Å². The van der Waals surface area contributed by atoms with Gasteiger partial charge < -0.3 is 25.0 Å². The normalized spacial score (nSPS) is 26.4. The molecule has 0 spiro atoms. The van der Waals surface area contributed by atoms with Gasteiger partial charge in [0.1, 0.15) is 29.3 Å². The number of nitrogens with zero attached hydrogens (tertiary/aromatic N) is 2. The van der Waals surface area contributed by atoms with Crippen LogP contribution in [0.3, 0.4) is 0 Å². The van der Waals surface area contributed by atoms with Gasteiger partial charge in [0.2, 0.25) is 11.8 Å². The van der Waals surface area contributed by atoms with E-state index in [9.17, 15) is 32.4 Å². The number of alkyl carbamates (subject to hydrolysis) is 1. The number of fused-ring (bicyclic) bond motifs is 3. The number of benzene rings is 2. The van der Waals surface area contributed by atoms with E-state index in [-0.39, 0.29) is 31.5 Å². The van der Waals surface area contributed by atoms with Crippen LogP contribution in [0.1, 0.15) is 76.8 Å². The average Bonchev–Trinajstić information content (AvgIpc) is 3.40. The number of allylic oxidation sites excluding steroid dienone is 1. The average molecular weight is 765 g/mol. The molecule has 4 aliphatic rings. The first kappa shape index (κ1) is 38.6. The second kappa shape index (κ2) is 15.7. The number of carbonyl (C=O) groups is 5. The molecule has 3 aliphatic heterocycles. The van der Waals surface area contributed by atoms with Crippen LogP contribution in [0.5, 0.6) is 0 Å². The summed E-state index contributed by atoms with van der Waals surface area (Å²) >= 11 is 0. The zero-order valence-electron chi connectivity index (χ0n) is 30.7. The summed E-state index contributed by atoms with van der Waals surface area (Å²) in [5, 5.41) is 5.48. The maximum Gasteiger partial charge on any atom is 0.410 e. The van der Waals surface area contributed by atoms with Crippen LogP contribution < -0.4 is 20.1 Å². The van der Waals surface area contributed by atoms with Crippen LogP contribution in [0.4, 0.5) is 15.3 Å². The van der Waals surface area contributed by atoms with Gasteiger partial charge in [0.15, 0.2) is 0 Å². The Kier molecular flexibility index (Phi) is 11.2. The minimum atomic E-state index is -4.39. The lowest BCUT2D eigenvalue weighted by Crippen LogP contribution is -2.58. The van der Waals surface area contributed by atoms with Crippen LogP contribution in [0.15, 0.2) is 66.7 Å². The van der Waals surface area contributed by atoms with Crippen molar-refractivity contribution in [2.45, 2.75) is 108 Å². The smallest absolute Gasteiger partial charge is 0.410 e. The van der Waals surface area contributed by atoms with Gasteiger partial charge in [-0.25, -0.2) is 14.3 Å². The van der Waals surface area contributed by atoms with Crippen molar-refractivity contribution in [3.63, 3.8) is 0 Å². The molecule has 0 bridgehead atoms. The summed E-state index contributed by atoms with van der Waals surface area (Å²) < 4.78 is 41.8. The fourth-order valence-electron chi connectivity index (χ4n) is 7.19. The number of rotatable bonds is 6. The molecule has 0 unspecified atom stereocenters. The fraction of sp³-hybridized carbons (Fsp3) is 0.500. The molecule has 290 valence electrons. The van der Waals surface area contributed by atoms with Gasteiger partial charge >= 0.3 is 22.4 Å². The molecule has 5 amide bonds. The molecule has 16 heteroatoms. The molecule has 1 saturated carbocycles. The highest BCUT2D eigenvalue weighted by Gasteiger charge is 2.61. The summed E-state index contributed by atoms with van der Waals surface area (Å²) in [5.41, 5.74) is -0.225. The summed E-state index contributed by atoms with van der Waals surface area (Å²) in [7, 11) is -4.39. The van der Waals surface area contributed by atoms with Gasteiger partial charge in [-0.3, -0.25) is 24.0 Å². The third-order valence-corrected chi connectivity index (χ3v) is 10.9. The van der Waals surface area contributed by atoms with E-state index in [2.05, 4.69) is 20.1 Å². The van der Waals surface area contributed by atoms with Crippen molar-refractivity contribution in [3.8, 4) is 0 Å². The summed E-state index contributed by atoms with van der Waals surface area (Å²) in [6.07, 6.45) is 4.44. The summed E-state index contributed by atoms with van der Waals surface area (Å²) in [5.74, 6) is -2.74. The molecule has 1 saturated heterocycles. The zero-order chi connectivity index (χ0) is 38.7. The molecule has 0 radical (unpaired) electrons. The Morgan fingerprint density at radius 3 is 2.31 bits per heavy atom. The van der Waals surface area contributed by atoms with Crippen LogP contribution in [-0.4, -0.2) is 84.0 Å². The van der Waals surface area contributed by atoms with E-state index >= 15 is 0 Å². The largest absolute Gasteiger partial charge is 0.444 e. The Bertz CT molecular complexity index is 1870. The van der Waals surface area contributed by atoms with Gasteiger partial charge in [0.25, 0.3) is 5.91 Å². The van der Waals surface area contributed by atoms with Gasteiger partial charge in [-0.15, -0.1) is 0 Å². The van der Waals surface area contributed by atoms with Crippen molar-refractivity contribution in [1.29, 1.82) is 0 Å². The van der Waals surface area contributed by atoms with Crippen LogP contribution in [0.2, 0.25) is 0 Å². The highest BCUT2D eigenvalue weighted by molar-refractivity contribution is 7.91. The van der Waals surface area contributed by atoms with Crippen LogP contribution in [0, 0.1) is 5.92 Å². The van der Waals surface area contributed by atoms with E-state index in [1.165, 1.54) is 17.0 Å². The molecule has 5 atom stereocenters. The standard InChI is InChI=1S/C38H48N6O9S/c1-37(2,3)53-35(48)39-30-19-11-6-4-5-8-16-27-21-38(27,34(47)42-54(50,51)41-28-17-9-7-10-18-28)40-32(45)31-20-29(24-44(31)33(30)46)52-36(49)43-22-25-14-12-13-15-26(25)23-43/h7-10,12-18,27,29-31,41H,4-6,11,19-24H2,1-3H3,(H,39,48)(H,40,45)(H,42,47)/b16-8-/t27-,29+,30-,31-,38+/m0/s1. The number of carbonyl (C=O) groups excluding carboxylic acids is 5. The molecule has 1 aliphatic carbocycles. The van der Waals surface area contributed by atoms with Crippen molar-refractivity contribution in [1.82, 2.24) is 25.2 Å². The van der Waals surface area contributed by atoms with Gasteiger partial charge in [0.05, 0.1) is 12.2 Å². The van der Waals surface area contributed by atoms with Gasteiger partial charge in [0, 0.05) is 25.4 Å². The first-order chi connectivity index (χ1) is 25.6. The third-order valence-electron chi connectivity index (χ3n) is 9.96. The van der Waals surface area contributed by atoms with Crippen molar-refractivity contribution < 1.29 is 41.9 Å². The van der Waals surface area contributed by atoms with E-state index in [0.717, 1.165) is 24.0 Å². The molecular weight excluding hydrogens is 717 g/mol. The lowest BCUT2D eigenvalue weighted by atomic mass is 10.0. The predicted molar refractivity (Wildman–Crippen MR) is 198 cm³/mol. The topological polar surface area (TPSA) is 193 Å². The Balaban J connectivity index is 1.25. The molecular formula is C38H48N6O9S. The first-order valence-corrected chi connectivity index (χ1v) is 19.8. The summed E-state index contributed by atoms with van der Waals surface area (Å²) in [6, 6.07) is 13.4. The first-order valence-electron chi connectivity index (χ1n) is 18.3. The Hall–Kier alpha value is -5.12. The quantitative estimate of drug-likeness (QED) is 0.316. The monoisotopic (exact) mass is 764 g/mol. The summed E-state index contributed by atoms with van der Waals surface area (Å²) in [6.45, 7) is 5.68. The zero-order valence-corrected chi connectivity index (χ0v) is 31.5. The molecule has 2 aromatic rings. The second-order valence-corrected chi connectivity index (χ2v) is 16.7. The molecule has 54 heavy (non-hydrogen) atoms.